The van der Waals surface area contributed by atoms with Crippen LogP contribution in [0.25, 0.3) is 0 Å². The molecule has 0 radical (unpaired) electrons. The molecule has 0 saturated carbocycles. The molecule has 6 heteroatoms. The number of hydrogen-bond acceptors (Lipinski definition) is 3. The van der Waals surface area contributed by atoms with Crippen LogP contribution in [-0.4, -0.2) is 20.1 Å². The molecule has 0 aliphatic carbocycles. The van der Waals surface area contributed by atoms with Crippen LogP contribution in [0.4, 0.5) is 10.1 Å². The first-order valence-electron chi connectivity index (χ1n) is 7.01. The van der Waals surface area contributed by atoms with Crippen LogP contribution in [0, 0.1) is 12.7 Å². The number of aromatic hydroxyl groups is 1. The summed E-state index contributed by atoms with van der Waals surface area (Å²) >= 11 is 0. The Morgan fingerprint density at radius 2 is 2.00 bits per heavy atom. The van der Waals surface area contributed by atoms with E-state index >= 15 is 0 Å². The highest BCUT2D eigenvalue weighted by molar-refractivity contribution is 7.93. The molecule has 0 spiro atoms. The molecule has 0 fully saturated rings. The van der Waals surface area contributed by atoms with E-state index in [-0.39, 0.29) is 22.9 Å². The molecule has 0 atom stereocenters. The van der Waals surface area contributed by atoms with Crippen molar-refractivity contribution in [2.45, 2.75) is 24.7 Å². The lowest BCUT2D eigenvalue weighted by molar-refractivity contribution is 0.458. The van der Waals surface area contributed by atoms with Gasteiger partial charge in [-0.2, -0.15) is 0 Å². The lowest BCUT2D eigenvalue weighted by Crippen LogP contribution is -2.36. The number of phenolic OH excluding ortho intramolecular Hbond substituents is 1. The number of rotatable bonds is 2. The number of anilines is 1. The van der Waals surface area contributed by atoms with E-state index in [9.17, 15) is 17.9 Å². The van der Waals surface area contributed by atoms with E-state index < -0.39 is 15.8 Å². The Morgan fingerprint density at radius 1 is 1.23 bits per heavy atom. The fourth-order valence-corrected chi connectivity index (χ4v) is 4.47. The fraction of sp³-hybridized carbons (Fsp3) is 0.250. The van der Waals surface area contributed by atoms with E-state index in [1.165, 1.54) is 18.2 Å². The molecule has 1 aliphatic rings. The maximum absolute atomic E-state index is 14.2. The molecular weight excluding hydrogens is 305 g/mol. The van der Waals surface area contributed by atoms with Crippen molar-refractivity contribution in [3.05, 3.63) is 53.3 Å². The molecular formula is C16H16FNO3S. The summed E-state index contributed by atoms with van der Waals surface area (Å²) in [6, 6.07) is 8.93. The maximum Gasteiger partial charge on any atom is 0.268 e. The average Bonchev–Trinajstić information content (AvgIpc) is 2.49. The molecule has 0 amide bonds. The zero-order chi connectivity index (χ0) is 15.9. The van der Waals surface area contributed by atoms with E-state index in [0.717, 1.165) is 4.31 Å². The third-order valence-corrected chi connectivity index (χ3v) is 5.64. The van der Waals surface area contributed by atoms with Crippen LogP contribution in [0.3, 0.4) is 0 Å². The Labute approximate surface area is 128 Å². The summed E-state index contributed by atoms with van der Waals surface area (Å²) in [6.07, 6.45) is 1.25. The standard InChI is InChI=1S/C16H16FNO3S/c1-11-7-8-14(19)15(10-11)22(20,21)18-9-3-5-12-4-2-6-13(17)16(12)18/h2,4,6-8,10,19H,3,5,9H2,1H3. The molecule has 3 rings (SSSR count). The minimum absolute atomic E-state index is 0.0923. The number of phenols is 1. The second kappa shape index (κ2) is 5.28. The molecule has 1 heterocycles. The van der Waals surface area contributed by atoms with Crippen LogP contribution in [-0.2, 0) is 16.4 Å². The van der Waals surface area contributed by atoms with Crippen molar-refractivity contribution in [1.82, 2.24) is 0 Å². The molecule has 0 bridgehead atoms. The molecule has 0 unspecified atom stereocenters. The van der Waals surface area contributed by atoms with Gasteiger partial charge < -0.3 is 5.11 Å². The van der Waals surface area contributed by atoms with Gasteiger partial charge in [0, 0.05) is 6.54 Å². The molecule has 2 aromatic rings. The molecule has 116 valence electrons. The van der Waals surface area contributed by atoms with Crippen molar-refractivity contribution in [2.75, 3.05) is 10.8 Å². The SMILES string of the molecule is Cc1ccc(O)c(S(=O)(=O)N2CCCc3cccc(F)c32)c1. The van der Waals surface area contributed by atoms with Gasteiger partial charge in [0.05, 0.1) is 5.69 Å². The van der Waals surface area contributed by atoms with Gasteiger partial charge in [-0.3, -0.25) is 4.31 Å². The van der Waals surface area contributed by atoms with Gasteiger partial charge in [-0.25, -0.2) is 12.8 Å². The maximum atomic E-state index is 14.2. The predicted molar refractivity (Wildman–Crippen MR) is 82.1 cm³/mol. The monoisotopic (exact) mass is 321 g/mol. The van der Waals surface area contributed by atoms with E-state index in [2.05, 4.69) is 0 Å². The first-order chi connectivity index (χ1) is 10.4. The summed E-state index contributed by atoms with van der Waals surface area (Å²) in [6.45, 7) is 1.94. The summed E-state index contributed by atoms with van der Waals surface area (Å²) in [5, 5.41) is 9.92. The zero-order valence-electron chi connectivity index (χ0n) is 12.1. The Morgan fingerprint density at radius 3 is 2.77 bits per heavy atom. The lowest BCUT2D eigenvalue weighted by Gasteiger charge is -2.31. The third-order valence-electron chi connectivity index (χ3n) is 3.81. The van der Waals surface area contributed by atoms with Crippen LogP contribution in [0.1, 0.15) is 17.5 Å². The van der Waals surface area contributed by atoms with Gasteiger partial charge in [0.25, 0.3) is 10.0 Å². The van der Waals surface area contributed by atoms with Gasteiger partial charge in [0.2, 0.25) is 0 Å². The Bertz CT molecular complexity index is 833. The number of benzene rings is 2. The molecule has 0 saturated heterocycles. The van der Waals surface area contributed by atoms with Gasteiger partial charge in [0.1, 0.15) is 16.5 Å². The summed E-state index contributed by atoms with van der Waals surface area (Å²) in [4.78, 5) is -0.191. The molecule has 1 aliphatic heterocycles. The second-order valence-corrected chi connectivity index (χ2v) is 7.23. The number of nitrogens with zero attached hydrogens (tertiary/aromatic N) is 1. The Balaban J connectivity index is 2.18. The van der Waals surface area contributed by atoms with Crippen LogP contribution in [0.15, 0.2) is 41.3 Å². The number of hydrogen-bond donors (Lipinski definition) is 1. The molecule has 4 nitrogen and oxygen atoms in total. The number of fused-ring (bicyclic) bond motifs is 1. The topological polar surface area (TPSA) is 57.6 Å². The third kappa shape index (κ3) is 2.33. The highest BCUT2D eigenvalue weighted by Crippen LogP contribution is 2.36. The zero-order valence-corrected chi connectivity index (χ0v) is 12.9. The number of para-hydroxylation sites is 1. The molecule has 2 aromatic carbocycles. The minimum atomic E-state index is -4.01. The Kier molecular flexibility index (Phi) is 3.56. The quantitative estimate of drug-likeness (QED) is 0.925. The first-order valence-corrected chi connectivity index (χ1v) is 8.45. The highest BCUT2D eigenvalue weighted by atomic mass is 32.2. The van der Waals surface area contributed by atoms with Gasteiger partial charge in [-0.15, -0.1) is 0 Å². The largest absolute Gasteiger partial charge is 0.507 e. The summed E-state index contributed by atoms with van der Waals surface area (Å²) < 4.78 is 41.0. The minimum Gasteiger partial charge on any atom is -0.507 e. The smallest absolute Gasteiger partial charge is 0.268 e. The average molecular weight is 321 g/mol. The fourth-order valence-electron chi connectivity index (χ4n) is 2.75. The van der Waals surface area contributed by atoms with Crippen molar-refractivity contribution >= 4 is 15.7 Å². The molecule has 0 aromatic heterocycles. The van der Waals surface area contributed by atoms with E-state index in [1.54, 1.807) is 25.1 Å². The number of aryl methyl sites for hydroxylation is 2. The van der Waals surface area contributed by atoms with Crippen LogP contribution in [0.5, 0.6) is 5.75 Å². The van der Waals surface area contributed by atoms with Crippen molar-refractivity contribution in [3.8, 4) is 5.75 Å². The van der Waals surface area contributed by atoms with Crippen LogP contribution in [0.2, 0.25) is 0 Å². The highest BCUT2D eigenvalue weighted by Gasteiger charge is 2.33. The van der Waals surface area contributed by atoms with Crippen molar-refractivity contribution in [3.63, 3.8) is 0 Å². The van der Waals surface area contributed by atoms with Gasteiger partial charge >= 0.3 is 0 Å². The van der Waals surface area contributed by atoms with Crippen molar-refractivity contribution < 1.29 is 17.9 Å². The first kappa shape index (κ1) is 14.8. The number of sulfonamides is 1. The Hall–Kier alpha value is -2.08. The van der Waals surface area contributed by atoms with Crippen LogP contribution >= 0.6 is 0 Å². The molecule has 22 heavy (non-hydrogen) atoms. The van der Waals surface area contributed by atoms with Crippen molar-refractivity contribution in [2.24, 2.45) is 0 Å². The van der Waals surface area contributed by atoms with Gasteiger partial charge in [-0.1, -0.05) is 18.2 Å². The predicted octanol–water partition coefficient (Wildman–Crippen LogP) is 2.98. The number of halogens is 1. The normalized spacial score (nSPS) is 14.7. The molecule has 1 N–H and O–H groups in total. The van der Waals surface area contributed by atoms with Crippen LogP contribution < -0.4 is 4.31 Å². The van der Waals surface area contributed by atoms with E-state index in [4.69, 9.17) is 0 Å². The second-order valence-electron chi connectivity index (χ2n) is 5.40. The van der Waals surface area contributed by atoms with Gasteiger partial charge in [-0.05, 0) is 49.1 Å². The lowest BCUT2D eigenvalue weighted by atomic mass is 10.0. The van der Waals surface area contributed by atoms with E-state index in [1.807, 2.05) is 0 Å². The van der Waals surface area contributed by atoms with E-state index in [0.29, 0.717) is 24.0 Å². The van der Waals surface area contributed by atoms with Gasteiger partial charge in [0.15, 0.2) is 0 Å². The summed E-state index contributed by atoms with van der Waals surface area (Å²) in [5.74, 6) is -0.887. The van der Waals surface area contributed by atoms with Crippen molar-refractivity contribution in [1.29, 1.82) is 0 Å². The summed E-state index contributed by atoms with van der Waals surface area (Å²) in [5.41, 5.74) is 1.47. The summed E-state index contributed by atoms with van der Waals surface area (Å²) in [7, 11) is -4.01.